The topological polar surface area (TPSA) is 0 Å². The molecule has 0 N–H and O–H groups in total. The van der Waals surface area contributed by atoms with E-state index in [4.69, 9.17) is 11.6 Å². The highest BCUT2D eigenvalue weighted by atomic mass is 35.5. The summed E-state index contributed by atoms with van der Waals surface area (Å²) in [7, 11) is 0. The Kier molecular flexibility index (Phi) is 3.24. The maximum atomic E-state index is 6.27. The van der Waals surface area contributed by atoms with E-state index in [0.29, 0.717) is 5.38 Å². The summed E-state index contributed by atoms with van der Waals surface area (Å²) in [6.45, 7) is 6.89. The first-order chi connectivity index (χ1) is 5.11. The van der Waals surface area contributed by atoms with Gasteiger partial charge in [0.05, 0.1) is 0 Å². The number of halogens is 1. The highest BCUT2D eigenvalue weighted by Gasteiger charge is 2.28. The van der Waals surface area contributed by atoms with Gasteiger partial charge in [-0.25, -0.2) is 0 Å². The summed E-state index contributed by atoms with van der Waals surface area (Å²) in [4.78, 5) is 0. The second-order valence-corrected chi connectivity index (χ2v) is 4.90. The average molecular weight is 175 g/mol. The fraction of sp³-hybridized carbons (Fsp3) is 1.00. The van der Waals surface area contributed by atoms with Crippen LogP contribution in [0, 0.1) is 17.8 Å². The lowest BCUT2D eigenvalue weighted by atomic mass is 9.77. The summed E-state index contributed by atoms with van der Waals surface area (Å²) in [6.07, 6.45) is 3.95. The molecule has 0 amide bonds. The zero-order valence-electron chi connectivity index (χ0n) is 7.81. The van der Waals surface area contributed by atoms with E-state index in [0.717, 1.165) is 17.8 Å². The van der Waals surface area contributed by atoms with Gasteiger partial charge in [-0.15, -0.1) is 11.6 Å². The molecule has 0 aliphatic heterocycles. The molecular formula is C10H19Cl. The van der Waals surface area contributed by atoms with Crippen LogP contribution in [0.2, 0.25) is 0 Å². The van der Waals surface area contributed by atoms with E-state index < -0.39 is 0 Å². The van der Waals surface area contributed by atoms with E-state index in [-0.39, 0.29) is 0 Å². The SMILES string of the molecule is CC(C)[C@@H]1CC[C@@H](C)CC1Cl. The summed E-state index contributed by atoms with van der Waals surface area (Å²) < 4.78 is 0. The van der Waals surface area contributed by atoms with Gasteiger partial charge >= 0.3 is 0 Å². The average Bonchev–Trinajstić information content (AvgIpc) is 1.85. The van der Waals surface area contributed by atoms with Gasteiger partial charge in [-0.05, 0) is 30.6 Å². The van der Waals surface area contributed by atoms with E-state index >= 15 is 0 Å². The van der Waals surface area contributed by atoms with Crippen LogP contribution in [0.25, 0.3) is 0 Å². The fourth-order valence-corrected chi connectivity index (χ4v) is 2.81. The Hall–Kier alpha value is 0.290. The third-order valence-electron chi connectivity index (χ3n) is 2.94. The number of alkyl halides is 1. The molecule has 0 aromatic rings. The maximum Gasteiger partial charge on any atom is 0.0369 e. The Balaban J connectivity index is 2.44. The van der Waals surface area contributed by atoms with Crippen molar-refractivity contribution in [2.75, 3.05) is 0 Å². The van der Waals surface area contributed by atoms with E-state index in [2.05, 4.69) is 20.8 Å². The van der Waals surface area contributed by atoms with E-state index in [1.165, 1.54) is 19.3 Å². The van der Waals surface area contributed by atoms with Crippen LogP contribution < -0.4 is 0 Å². The molecule has 0 radical (unpaired) electrons. The van der Waals surface area contributed by atoms with Crippen LogP contribution in [0.3, 0.4) is 0 Å². The van der Waals surface area contributed by atoms with Gasteiger partial charge in [0, 0.05) is 5.38 Å². The van der Waals surface area contributed by atoms with Crippen molar-refractivity contribution in [3.63, 3.8) is 0 Å². The molecule has 1 heteroatoms. The van der Waals surface area contributed by atoms with Gasteiger partial charge in [-0.1, -0.05) is 27.2 Å². The quantitative estimate of drug-likeness (QED) is 0.532. The number of hydrogen-bond donors (Lipinski definition) is 0. The summed E-state index contributed by atoms with van der Waals surface area (Å²) in [5, 5.41) is 0.443. The molecule has 1 saturated carbocycles. The van der Waals surface area contributed by atoms with Gasteiger partial charge in [-0.2, -0.15) is 0 Å². The molecule has 1 aliphatic carbocycles. The first-order valence-corrected chi connectivity index (χ1v) is 5.19. The molecular weight excluding hydrogens is 156 g/mol. The Morgan fingerprint density at radius 2 is 1.91 bits per heavy atom. The van der Waals surface area contributed by atoms with Gasteiger partial charge < -0.3 is 0 Å². The summed E-state index contributed by atoms with van der Waals surface area (Å²) >= 11 is 6.27. The third-order valence-corrected chi connectivity index (χ3v) is 3.44. The lowest BCUT2D eigenvalue weighted by Crippen LogP contribution is -2.27. The van der Waals surface area contributed by atoms with Crippen molar-refractivity contribution >= 4 is 11.6 Å². The molecule has 0 saturated heterocycles. The summed E-state index contributed by atoms with van der Waals surface area (Å²) in [5.74, 6) is 2.39. The lowest BCUT2D eigenvalue weighted by molar-refractivity contribution is 0.240. The van der Waals surface area contributed by atoms with Gasteiger partial charge in [0.1, 0.15) is 0 Å². The van der Waals surface area contributed by atoms with Crippen LogP contribution in [0.15, 0.2) is 0 Å². The first kappa shape index (κ1) is 9.38. The molecule has 1 rings (SSSR count). The number of hydrogen-bond acceptors (Lipinski definition) is 0. The minimum Gasteiger partial charge on any atom is -0.123 e. The zero-order valence-corrected chi connectivity index (χ0v) is 8.56. The van der Waals surface area contributed by atoms with Gasteiger partial charge in [-0.3, -0.25) is 0 Å². The molecule has 66 valence electrons. The molecule has 1 aliphatic rings. The van der Waals surface area contributed by atoms with Crippen LogP contribution in [-0.4, -0.2) is 5.38 Å². The van der Waals surface area contributed by atoms with Crippen LogP contribution in [0.1, 0.15) is 40.0 Å². The van der Waals surface area contributed by atoms with Crippen LogP contribution in [0.5, 0.6) is 0 Å². The largest absolute Gasteiger partial charge is 0.123 e. The molecule has 0 aromatic carbocycles. The molecule has 0 bridgehead atoms. The molecule has 1 unspecified atom stereocenters. The molecule has 0 spiro atoms. The summed E-state index contributed by atoms with van der Waals surface area (Å²) in [5.41, 5.74) is 0. The van der Waals surface area contributed by atoms with E-state index in [1.807, 2.05) is 0 Å². The Labute approximate surface area is 75.3 Å². The molecule has 3 atom stereocenters. The normalized spacial score (nSPS) is 39.5. The minimum atomic E-state index is 0.443. The standard InChI is InChI=1S/C10H19Cl/c1-7(2)9-5-4-8(3)6-10(9)11/h7-10H,4-6H2,1-3H3/t8-,9+,10?/m1/s1. The predicted molar refractivity (Wildman–Crippen MR) is 51.0 cm³/mol. The van der Waals surface area contributed by atoms with Crippen molar-refractivity contribution in [2.45, 2.75) is 45.4 Å². The third kappa shape index (κ3) is 2.37. The Morgan fingerprint density at radius 3 is 2.36 bits per heavy atom. The summed E-state index contributed by atoms with van der Waals surface area (Å²) in [6, 6.07) is 0. The van der Waals surface area contributed by atoms with E-state index in [9.17, 15) is 0 Å². The molecule has 1 fully saturated rings. The first-order valence-electron chi connectivity index (χ1n) is 4.75. The fourth-order valence-electron chi connectivity index (χ4n) is 2.09. The molecule has 11 heavy (non-hydrogen) atoms. The van der Waals surface area contributed by atoms with Crippen molar-refractivity contribution in [1.29, 1.82) is 0 Å². The van der Waals surface area contributed by atoms with Crippen molar-refractivity contribution in [1.82, 2.24) is 0 Å². The van der Waals surface area contributed by atoms with Crippen LogP contribution in [-0.2, 0) is 0 Å². The second-order valence-electron chi connectivity index (χ2n) is 4.34. The molecule has 0 heterocycles. The lowest BCUT2D eigenvalue weighted by Gasteiger charge is -2.33. The maximum absolute atomic E-state index is 6.27. The number of rotatable bonds is 1. The van der Waals surface area contributed by atoms with Crippen molar-refractivity contribution in [3.05, 3.63) is 0 Å². The van der Waals surface area contributed by atoms with E-state index in [1.54, 1.807) is 0 Å². The second kappa shape index (κ2) is 3.80. The Bertz CT molecular complexity index is 120. The minimum absolute atomic E-state index is 0.443. The van der Waals surface area contributed by atoms with Crippen molar-refractivity contribution in [2.24, 2.45) is 17.8 Å². The highest BCUT2D eigenvalue weighted by molar-refractivity contribution is 6.20. The van der Waals surface area contributed by atoms with Crippen LogP contribution in [0.4, 0.5) is 0 Å². The van der Waals surface area contributed by atoms with Gasteiger partial charge in [0.2, 0.25) is 0 Å². The highest BCUT2D eigenvalue weighted by Crippen LogP contribution is 2.36. The van der Waals surface area contributed by atoms with Crippen molar-refractivity contribution < 1.29 is 0 Å². The zero-order chi connectivity index (χ0) is 8.43. The molecule has 0 nitrogen and oxygen atoms in total. The monoisotopic (exact) mass is 174 g/mol. The van der Waals surface area contributed by atoms with Crippen LogP contribution >= 0.6 is 11.6 Å². The van der Waals surface area contributed by atoms with Crippen molar-refractivity contribution in [3.8, 4) is 0 Å². The predicted octanol–water partition coefficient (Wildman–Crippen LogP) is 3.69. The smallest absolute Gasteiger partial charge is 0.0369 e. The molecule has 0 aromatic heterocycles. The Morgan fingerprint density at radius 1 is 1.27 bits per heavy atom. The van der Waals surface area contributed by atoms with Gasteiger partial charge in [0.25, 0.3) is 0 Å². The van der Waals surface area contributed by atoms with Gasteiger partial charge in [0.15, 0.2) is 0 Å².